The van der Waals surface area contributed by atoms with Gasteiger partial charge in [-0.15, -0.1) is 0 Å². The van der Waals surface area contributed by atoms with E-state index in [4.69, 9.17) is 0 Å². The maximum Gasteiger partial charge on any atom is 0.153 e. The zero-order valence-corrected chi connectivity index (χ0v) is 23.9. The summed E-state index contributed by atoms with van der Waals surface area (Å²) in [6, 6.07) is 51.3. The highest BCUT2D eigenvalue weighted by Crippen LogP contribution is 2.47. The third-order valence-corrected chi connectivity index (χ3v) is 9.62. The first-order chi connectivity index (χ1) is 19.3. The lowest BCUT2D eigenvalue weighted by molar-refractivity contribution is 1.32. The summed E-state index contributed by atoms with van der Waals surface area (Å²) in [6.45, 7) is 0. The topological polar surface area (TPSA) is 6.48 Å². The molecule has 0 aliphatic rings. The van der Waals surface area contributed by atoms with E-state index < -0.39 is 0 Å². The van der Waals surface area contributed by atoms with Gasteiger partial charge in [0.25, 0.3) is 0 Å². The highest BCUT2D eigenvalue weighted by molar-refractivity contribution is 8.02. The van der Waals surface area contributed by atoms with Gasteiger partial charge in [0.1, 0.15) is 15.3 Å². The Kier molecular flexibility index (Phi) is 7.73. The molecule has 0 atom stereocenters. The molecule has 6 rings (SSSR count). The normalized spacial score (nSPS) is 10.8. The number of nitrogens with zero attached hydrogens (tertiary/aromatic N) is 2. The van der Waals surface area contributed by atoms with Crippen LogP contribution in [-0.2, 0) is 0 Å². The summed E-state index contributed by atoms with van der Waals surface area (Å²) in [6.07, 6.45) is 2.17. The molecule has 2 aromatic heterocycles. The van der Waals surface area contributed by atoms with Crippen molar-refractivity contribution in [2.45, 2.75) is 0 Å². The molecule has 0 bridgehead atoms. The summed E-state index contributed by atoms with van der Waals surface area (Å²) in [5.41, 5.74) is 4.62. The molecule has 2 nitrogen and oxygen atoms in total. The quantitative estimate of drug-likeness (QED) is 0.163. The van der Waals surface area contributed by atoms with Gasteiger partial charge in [0.2, 0.25) is 0 Å². The lowest BCUT2D eigenvalue weighted by Crippen LogP contribution is -2.07. The van der Waals surface area contributed by atoms with E-state index >= 15 is 0 Å². The number of hydrogen-bond acceptors (Lipinski definition) is 5. The monoisotopic (exact) mass is 559 g/mol. The number of rotatable bonds is 9. The Morgan fingerprint density at radius 3 is 1.03 bits per heavy atom. The van der Waals surface area contributed by atoms with Crippen LogP contribution >= 0.6 is 34.4 Å². The van der Waals surface area contributed by atoms with Crippen LogP contribution in [0.25, 0.3) is 0 Å². The minimum absolute atomic E-state index is 1.16. The fourth-order valence-electron chi connectivity index (χ4n) is 4.58. The number of hydrogen-bond donors (Lipinski definition) is 0. The molecule has 0 saturated carbocycles. The summed E-state index contributed by atoms with van der Waals surface area (Å²) in [5, 5.41) is 3.69. The van der Waals surface area contributed by atoms with Crippen LogP contribution in [-0.4, -0.2) is 6.26 Å². The highest BCUT2D eigenvalue weighted by atomic mass is 32.2. The van der Waals surface area contributed by atoms with Gasteiger partial charge >= 0.3 is 0 Å². The Morgan fingerprint density at radius 1 is 0.436 bits per heavy atom. The molecule has 190 valence electrons. The van der Waals surface area contributed by atoms with Gasteiger partial charge in [0, 0.05) is 47.0 Å². The maximum atomic E-state index is 2.33. The molecule has 6 aromatic rings. The van der Waals surface area contributed by atoms with Crippen LogP contribution < -0.4 is 9.80 Å². The van der Waals surface area contributed by atoms with E-state index in [9.17, 15) is 0 Å². The summed E-state index contributed by atoms with van der Waals surface area (Å²) in [4.78, 5) is 7.21. The standard InChI is InChI=1S/C34H27N2S3/c1-37-34(30-22-24-32(38-30)35(26-14-6-2-7-15-26)27-16-8-3-9-17-27)31-23-25-33(39-31)36(28-18-10-4-11-19-28)29-20-12-5-13-21-29/h2-25H,1H3/q+1. The fraction of sp³-hybridized carbons (Fsp3) is 0.0294. The third-order valence-electron chi connectivity index (χ3n) is 6.33. The van der Waals surface area contributed by atoms with Crippen LogP contribution in [0.4, 0.5) is 32.8 Å². The first-order valence-electron chi connectivity index (χ1n) is 12.7. The predicted molar refractivity (Wildman–Crippen MR) is 173 cm³/mol. The van der Waals surface area contributed by atoms with Crippen LogP contribution in [0.2, 0.25) is 0 Å². The molecule has 4 aromatic carbocycles. The van der Waals surface area contributed by atoms with Crippen LogP contribution in [0, 0.1) is 5.25 Å². The fourth-order valence-corrected chi connectivity index (χ4v) is 7.94. The van der Waals surface area contributed by atoms with Gasteiger partial charge in [-0.25, -0.2) is 0 Å². The smallest absolute Gasteiger partial charge is 0.153 e. The van der Waals surface area contributed by atoms with Crippen molar-refractivity contribution in [3.63, 3.8) is 0 Å². The van der Waals surface area contributed by atoms with Crippen molar-refractivity contribution in [3.05, 3.63) is 161 Å². The van der Waals surface area contributed by atoms with Crippen LogP contribution in [0.15, 0.2) is 146 Å². The van der Waals surface area contributed by atoms with Crippen molar-refractivity contribution >= 4 is 67.2 Å². The van der Waals surface area contributed by atoms with Crippen molar-refractivity contribution in [1.82, 2.24) is 0 Å². The Labute approximate surface area is 242 Å². The first kappa shape index (κ1) is 25.4. The van der Waals surface area contributed by atoms with Gasteiger partial charge in [-0.1, -0.05) is 107 Å². The Balaban J connectivity index is 1.35. The lowest BCUT2D eigenvalue weighted by atomic mass is 10.2. The highest BCUT2D eigenvalue weighted by Gasteiger charge is 2.29. The van der Waals surface area contributed by atoms with Gasteiger partial charge in [0.05, 0.1) is 0 Å². The minimum Gasteiger partial charge on any atom is -0.301 e. The van der Waals surface area contributed by atoms with Crippen LogP contribution in [0.3, 0.4) is 0 Å². The van der Waals surface area contributed by atoms with Gasteiger partial charge in [-0.05, 0) is 54.8 Å². The van der Waals surface area contributed by atoms with Crippen molar-refractivity contribution in [1.29, 1.82) is 0 Å². The Hall–Kier alpha value is -3.90. The molecule has 2 heterocycles. The third kappa shape index (κ3) is 5.48. The Bertz CT molecular complexity index is 1400. The average Bonchev–Trinajstić information content (AvgIpc) is 3.67. The maximum absolute atomic E-state index is 2.33. The zero-order chi connectivity index (χ0) is 26.4. The van der Waals surface area contributed by atoms with Gasteiger partial charge in [0.15, 0.2) is 9.75 Å². The number of benzene rings is 4. The van der Waals surface area contributed by atoms with Crippen molar-refractivity contribution in [3.8, 4) is 0 Å². The molecule has 0 aliphatic carbocycles. The predicted octanol–water partition coefficient (Wildman–Crippen LogP) is 11.0. The molecule has 0 amide bonds. The second-order valence-corrected chi connectivity index (χ2v) is 11.8. The van der Waals surface area contributed by atoms with Crippen molar-refractivity contribution < 1.29 is 0 Å². The zero-order valence-electron chi connectivity index (χ0n) is 21.5. The molecule has 0 aliphatic heterocycles. The van der Waals surface area contributed by atoms with E-state index in [1.54, 1.807) is 0 Å². The second-order valence-electron chi connectivity index (χ2n) is 8.82. The number of anilines is 6. The van der Waals surface area contributed by atoms with E-state index in [0.717, 1.165) is 22.7 Å². The minimum atomic E-state index is 1.16. The van der Waals surface area contributed by atoms with Gasteiger partial charge in [-0.3, -0.25) is 0 Å². The van der Waals surface area contributed by atoms with E-state index in [1.165, 1.54) is 25.0 Å². The first-order valence-corrected chi connectivity index (χ1v) is 15.6. The molecule has 0 unspecified atom stereocenters. The molecule has 5 heteroatoms. The SMILES string of the molecule is CS[C+](c1ccc(N(c2ccccc2)c2ccccc2)s1)c1ccc(N(c2ccccc2)c2ccccc2)s1. The van der Waals surface area contributed by atoms with Crippen molar-refractivity contribution in [2.75, 3.05) is 16.1 Å². The summed E-state index contributed by atoms with van der Waals surface area (Å²) in [5.74, 6) is 0. The average molecular weight is 560 g/mol. The molecule has 0 radical (unpaired) electrons. The number of para-hydroxylation sites is 4. The summed E-state index contributed by atoms with van der Waals surface area (Å²) < 4.78 is 0. The lowest BCUT2D eigenvalue weighted by Gasteiger charge is -2.23. The molecular formula is C34H27N2S3+. The Morgan fingerprint density at radius 2 is 0.744 bits per heavy atom. The molecule has 39 heavy (non-hydrogen) atoms. The van der Waals surface area contributed by atoms with E-state index in [-0.39, 0.29) is 0 Å². The van der Waals surface area contributed by atoms with E-state index in [2.05, 4.69) is 162 Å². The number of thiophene rings is 2. The van der Waals surface area contributed by atoms with E-state index in [1.807, 2.05) is 34.4 Å². The van der Waals surface area contributed by atoms with Gasteiger partial charge in [-0.2, -0.15) is 0 Å². The molecule has 0 spiro atoms. The largest absolute Gasteiger partial charge is 0.301 e. The van der Waals surface area contributed by atoms with Crippen LogP contribution in [0.5, 0.6) is 0 Å². The van der Waals surface area contributed by atoms with Gasteiger partial charge < -0.3 is 9.80 Å². The molecule has 0 fully saturated rings. The van der Waals surface area contributed by atoms with Crippen LogP contribution in [0.1, 0.15) is 9.75 Å². The molecule has 0 saturated heterocycles. The number of thioether (sulfide) groups is 1. The summed E-state index contributed by atoms with van der Waals surface area (Å²) in [7, 11) is 0. The molecule has 0 N–H and O–H groups in total. The van der Waals surface area contributed by atoms with E-state index in [0.29, 0.717) is 0 Å². The second kappa shape index (κ2) is 11.9. The molecular weight excluding hydrogens is 533 g/mol. The van der Waals surface area contributed by atoms with Crippen molar-refractivity contribution in [2.24, 2.45) is 0 Å². The summed E-state index contributed by atoms with van der Waals surface area (Å²) >= 11 is 5.47.